The molecule has 2 aromatic rings. The SMILES string of the molecule is COc1ccc(-c2ccc(C)c(CC(=O)O)n2)cc1. The highest BCUT2D eigenvalue weighted by molar-refractivity contribution is 5.70. The van der Waals surface area contributed by atoms with E-state index in [1.165, 1.54) is 0 Å². The van der Waals surface area contributed by atoms with E-state index in [1.54, 1.807) is 7.11 Å². The average Bonchev–Trinajstić information content (AvgIpc) is 2.41. The Morgan fingerprint density at radius 2 is 1.89 bits per heavy atom. The van der Waals surface area contributed by atoms with Gasteiger partial charge in [0.1, 0.15) is 5.75 Å². The molecule has 0 saturated carbocycles. The molecule has 0 unspecified atom stereocenters. The van der Waals surface area contributed by atoms with Gasteiger partial charge in [-0.15, -0.1) is 0 Å². The molecular formula is C15H15NO3. The molecule has 0 saturated heterocycles. The maximum Gasteiger partial charge on any atom is 0.309 e. The third kappa shape index (κ3) is 3.10. The van der Waals surface area contributed by atoms with Gasteiger partial charge in [0.15, 0.2) is 0 Å². The van der Waals surface area contributed by atoms with Gasteiger partial charge in [0.2, 0.25) is 0 Å². The first-order chi connectivity index (χ1) is 9.10. The van der Waals surface area contributed by atoms with Crippen LogP contribution in [0.5, 0.6) is 5.75 Å². The highest BCUT2D eigenvalue weighted by Crippen LogP contribution is 2.22. The fourth-order valence-corrected chi connectivity index (χ4v) is 1.82. The van der Waals surface area contributed by atoms with Crippen molar-refractivity contribution >= 4 is 5.97 Å². The van der Waals surface area contributed by atoms with Crippen LogP contribution in [0.4, 0.5) is 0 Å². The number of benzene rings is 1. The average molecular weight is 257 g/mol. The number of hydrogen-bond donors (Lipinski definition) is 1. The lowest BCUT2D eigenvalue weighted by Gasteiger charge is -2.07. The third-order valence-corrected chi connectivity index (χ3v) is 2.91. The van der Waals surface area contributed by atoms with Gasteiger partial charge in [0, 0.05) is 5.56 Å². The molecule has 19 heavy (non-hydrogen) atoms. The highest BCUT2D eigenvalue weighted by Gasteiger charge is 2.08. The van der Waals surface area contributed by atoms with E-state index in [2.05, 4.69) is 4.98 Å². The minimum absolute atomic E-state index is 0.0597. The number of nitrogens with zero attached hydrogens (tertiary/aromatic N) is 1. The van der Waals surface area contributed by atoms with Crippen LogP contribution in [0.25, 0.3) is 11.3 Å². The van der Waals surface area contributed by atoms with Crippen molar-refractivity contribution in [2.75, 3.05) is 7.11 Å². The summed E-state index contributed by atoms with van der Waals surface area (Å²) in [6, 6.07) is 11.3. The van der Waals surface area contributed by atoms with Crippen LogP contribution in [0.15, 0.2) is 36.4 Å². The molecule has 0 aliphatic heterocycles. The summed E-state index contributed by atoms with van der Waals surface area (Å²) in [4.78, 5) is 15.2. The zero-order chi connectivity index (χ0) is 13.8. The smallest absolute Gasteiger partial charge is 0.309 e. The lowest BCUT2D eigenvalue weighted by atomic mass is 10.1. The maximum atomic E-state index is 10.8. The summed E-state index contributed by atoms with van der Waals surface area (Å²) in [5.74, 6) is -0.0934. The Kier molecular flexibility index (Phi) is 3.80. The van der Waals surface area contributed by atoms with E-state index in [9.17, 15) is 4.79 Å². The summed E-state index contributed by atoms with van der Waals surface area (Å²) >= 11 is 0. The first-order valence-electron chi connectivity index (χ1n) is 5.93. The Balaban J connectivity index is 2.36. The van der Waals surface area contributed by atoms with Crippen molar-refractivity contribution in [1.29, 1.82) is 0 Å². The van der Waals surface area contributed by atoms with Gasteiger partial charge in [-0.2, -0.15) is 0 Å². The minimum Gasteiger partial charge on any atom is -0.497 e. The van der Waals surface area contributed by atoms with E-state index in [0.29, 0.717) is 5.69 Å². The van der Waals surface area contributed by atoms with Crippen LogP contribution in [0.2, 0.25) is 0 Å². The number of rotatable bonds is 4. The topological polar surface area (TPSA) is 59.4 Å². The maximum absolute atomic E-state index is 10.8. The molecule has 0 atom stereocenters. The second kappa shape index (κ2) is 5.52. The summed E-state index contributed by atoms with van der Waals surface area (Å²) in [6.07, 6.45) is -0.0597. The zero-order valence-corrected chi connectivity index (χ0v) is 10.9. The van der Waals surface area contributed by atoms with Gasteiger partial charge >= 0.3 is 5.97 Å². The fraction of sp³-hybridized carbons (Fsp3) is 0.200. The predicted octanol–water partition coefficient (Wildman–Crippen LogP) is 2.69. The predicted molar refractivity (Wildman–Crippen MR) is 72.3 cm³/mol. The first kappa shape index (κ1) is 13.1. The molecular weight excluding hydrogens is 242 g/mol. The van der Waals surface area contributed by atoms with Crippen LogP contribution in [-0.4, -0.2) is 23.2 Å². The van der Waals surface area contributed by atoms with Crippen molar-refractivity contribution in [3.8, 4) is 17.0 Å². The number of hydrogen-bond acceptors (Lipinski definition) is 3. The Hall–Kier alpha value is -2.36. The van der Waals surface area contributed by atoms with Gasteiger partial charge < -0.3 is 9.84 Å². The van der Waals surface area contributed by atoms with E-state index in [-0.39, 0.29) is 6.42 Å². The minimum atomic E-state index is -0.873. The Labute approximate surface area is 111 Å². The van der Waals surface area contributed by atoms with Gasteiger partial charge in [0.05, 0.1) is 24.9 Å². The molecule has 0 amide bonds. The Morgan fingerprint density at radius 3 is 2.47 bits per heavy atom. The third-order valence-electron chi connectivity index (χ3n) is 2.91. The number of pyridine rings is 1. The molecule has 1 heterocycles. The van der Waals surface area contributed by atoms with Crippen LogP contribution in [0, 0.1) is 6.92 Å². The number of carboxylic acid groups (broad SMARTS) is 1. The second-order valence-electron chi connectivity index (χ2n) is 4.26. The highest BCUT2D eigenvalue weighted by atomic mass is 16.5. The van der Waals surface area contributed by atoms with Crippen molar-refractivity contribution in [2.24, 2.45) is 0 Å². The molecule has 0 spiro atoms. The summed E-state index contributed by atoms with van der Waals surface area (Å²) in [7, 11) is 1.62. The first-order valence-corrected chi connectivity index (χ1v) is 5.93. The Morgan fingerprint density at radius 1 is 1.21 bits per heavy atom. The molecule has 98 valence electrons. The largest absolute Gasteiger partial charge is 0.497 e. The number of ether oxygens (including phenoxy) is 1. The van der Waals surface area contributed by atoms with Crippen molar-refractivity contribution in [1.82, 2.24) is 4.98 Å². The van der Waals surface area contributed by atoms with Gasteiger partial charge in [-0.05, 0) is 42.8 Å². The van der Waals surface area contributed by atoms with Gasteiger partial charge in [0.25, 0.3) is 0 Å². The molecule has 0 fully saturated rings. The van der Waals surface area contributed by atoms with E-state index in [4.69, 9.17) is 9.84 Å². The van der Waals surface area contributed by atoms with Gasteiger partial charge in [-0.25, -0.2) is 0 Å². The zero-order valence-electron chi connectivity index (χ0n) is 10.9. The molecule has 0 aliphatic carbocycles. The standard InChI is InChI=1S/C15H15NO3/c1-10-3-8-13(16-14(10)9-15(17)18)11-4-6-12(19-2)7-5-11/h3-8H,9H2,1-2H3,(H,17,18). The number of methoxy groups -OCH3 is 1. The number of aromatic nitrogens is 1. The van der Waals surface area contributed by atoms with Crippen LogP contribution < -0.4 is 4.74 Å². The van der Waals surface area contributed by atoms with E-state index >= 15 is 0 Å². The lowest BCUT2D eigenvalue weighted by Crippen LogP contribution is -2.05. The van der Waals surface area contributed by atoms with Crippen molar-refractivity contribution in [2.45, 2.75) is 13.3 Å². The summed E-state index contributed by atoms with van der Waals surface area (Å²) in [5, 5.41) is 8.86. The molecule has 1 aromatic carbocycles. The molecule has 4 heteroatoms. The molecule has 0 radical (unpaired) electrons. The number of aryl methyl sites for hydroxylation is 1. The summed E-state index contributed by atoms with van der Waals surface area (Å²) < 4.78 is 5.10. The second-order valence-corrected chi connectivity index (χ2v) is 4.26. The molecule has 0 aliphatic rings. The van der Waals surface area contributed by atoms with E-state index < -0.39 is 5.97 Å². The van der Waals surface area contributed by atoms with Crippen molar-refractivity contribution < 1.29 is 14.6 Å². The summed E-state index contributed by atoms with van der Waals surface area (Å²) in [6.45, 7) is 1.86. The van der Waals surface area contributed by atoms with Crippen LogP contribution >= 0.6 is 0 Å². The molecule has 1 aromatic heterocycles. The quantitative estimate of drug-likeness (QED) is 0.914. The lowest BCUT2D eigenvalue weighted by molar-refractivity contribution is -0.136. The molecule has 2 rings (SSSR count). The number of aliphatic carboxylic acids is 1. The van der Waals surface area contributed by atoms with E-state index in [1.807, 2.05) is 43.3 Å². The Bertz CT molecular complexity index is 591. The molecule has 0 bridgehead atoms. The number of carboxylic acids is 1. The molecule has 4 nitrogen and oxygen atoms in total. The monoisotopic (exact) mass is 257 g/mol. The van der Waals surface area contributed by atoms with E-state index in [0.717, 1.165) is 22.6 Å². The summed E-state index contributed by atoms with van der Waals surface area (Å²) in [5.41, 5.74) is 3.19. The number of carbonyl (C=O) groups is 1. The van der Waals surface area contributed by atoms with Crippen LogP contribution in [0.1, 0.15) is 11.3 Å². The van der Waals surface area contributed by atoms with Crippen LogP contribution in [-0.2, 0) is 11.2 Å². The molecule has 1 N–H and O–H groups in total. The van der Waals surface area contributed by atoms with Crippen molar-refractivity contribution in [3.63, 3.8) is 0 Å². The van der Waals surface area contributed by atoms with Crippen molar-refractivity contribution in [3.05, 3.63) is 47.7 Å². The normalized spacial score (nSPS) is 10.2. The van der Waals surface area contributed by atoms with Gasteiger partial charge in [-0.3, -0.25) is 9.78 Å². The fourth-order valence-electron chi connectivity index (χ4n) is 1.82. The van der Waals surface area contributed by atoms with Gasteiger partial charge in [-0.1, -0.05) is 6.07 Å². The van der Waals surface area contributed by atoms with Crippen LogP contribution in [0.3, 0.4) is 0 Å².